The topological polar surface area (TPSA) is 56.8 Å². The molecule has 0 aromatic heterocycles. The second-order valence-corrected chi connectivity index (χ2v) is 5.31. The van der Waals surface area contributed by atoms with Crippen molar-refractivity contribution >= 4 is 17.7 Å². The van der Waals surface area contributed by atoms with Gasteiger partial charge in [0.1, 0.15) is 0 Å². The van der Waals surface area contributed by atoms with Crippen LogP contribution < -0.4 is 14.8 Å². The number of ether oxygens (including phenoxy) is 3. The van der Waals surface area contributed by atoms with Crippen LogP contribution in [-0.4, -0.2) is 45.3 Å². The van der Waals surface area contributed by atoms with Crippen molar-refractivity contribution < 1.29 is 19.0 Å². The van der Waals surface area contributed by atoms with Crippen LogP contribution in [0.2, 0.25) is 0 Å². The molecule has 0 amide bonds. The lowest BCUT2D eigenvalue weighted by Crippen LogP contribution is -2.20. The summed E-state index contributed by atoms with van der Waals surface area (Å²) in [5, 5.41) is 3.24. The monoisotopic (exact) mass is 313 g/mol. The second kappa shape index (κ2) is 9.52. The van der Waals surface area contributed by atoms with Gasteiger partial charge in [-0.15, -0.1) is 11.8 Å². The lowest BCUT2D eigenvalue weighted by molar-refractivity contribution is -0.139. The first-order valence-electron chi connectivity index (χ1n) is 6.78. The van der Waals surface area contributed by atoms with E-state index in [1.807, 2.05) is 32.2 Å². The van der Waals surface area contributed by atoms with Crippen molar-refractivity contribution in [3.8, 4) is 11.5 Å². The number of esters is 1. The first kappa shape index (κ1) is 17.7. The van der Waals surface area contributed by atoms with E-state index in [1.165, 1.54) is 0 Å². The highest BCUT2D eigenvalue weighted by atomic mass is 32.2. The highest BCUT2D eigenvalue weighted by Gasteiger charge is 2.14. The number of rotatable bonds is 9. The first-order chi connectivity index (χ1) is 10.2. The minimum absolute atomic E-state index is 0.129. The van der Waals surface area contributed by atoms with E-state index in [0.29, 0.717) is 23.9 Å². The van der Waals surface area contributed by atoms with Crippen molar-refractivity contribution in [3.63, 3.8) is 0 Å². The van der Waals surface area contributed by atoms with E-state index in [4.69, 9.17) is 14.2 Å². The van der Waals surface area contributed by atoms with Gasteiger partial charge in [-0.2, -0.15) is 0 Å². The molecule has 0 bridgehead atoms. The molecule has 0 heterocycles. The van der Waals surface area contributed by atoms with Crippen molar-refractivity contribution in [1.29, 1.82) is 0 Å². The van der Waals surface area contributed by atoms with Gasteiger partial charge in [0.15, 0.2) is 11.5 Å². The predicted octanol–water partition coefficient (Wildman–Crippen LogP) is 2.26. The molecule has 21 heavy (non-hydrogen) atoms. The molecule has 0 aliphatic rings. The highest BCUT2D eigenvalue weighted by Crippen LogP contribution is 2.30. The summed E-state index contributed by atoms with van der Waals surface area (Å²) in [4.78, 5) is 11.3. The Balaban J connectivity index is 2.65. The Labute approximate surface area is 130 Å². The molecular weight excluding hydrogens is 290 g/mol. The van der Waals surface area contributed by atoms with Crippen LogP contribution in [0, 0.1) is 0 Å². The molecule has 0 aliphatic heterocycles. The maximum Gasteiger partial charge on any atom is 0.315 e. The van der Waals surface area contributed by atoms with Gasteiger partial charge in [-0.1, -0.05) is 6.07 Å². The number of carbonyl (C=O) groups excluding carboxylic acids is 1. The smallest absolute Gasteiger partial charge is 0.315 e. The fourth-order valence-corrected chi connectivity index (χ4v) is 2.84. The van der Waals surface area contributed by atoms with Crippen molar-refractivity contribution in [3.05, 3.63) is 23.8 Å². The summed E-state index contributed by atoms with van der Waals surface area (Å²) in [6.45, 7) is 2.23. The average Bonchev–Trinajstić information content (AvgIpc) is 2.51. The zero-order valence-corrected chi connectivity index (χ0v) is 13.8. The van der Waals surface area contributed by atoms with Crippen LogP contribution in [0.1, 0.15) is 18.5 Å². The Morgan fingerprint density at radius 2 is 2.00 bits per heavy atom. The third-order valence-electron chi connectivity index (χ3n) is 2.97. The van der Waals surface area contributed by atoms with Gasteiger partial charge < -0.3 is 19.5 Å². The molecular formula is C15H23NO4S. The van der Waals surface area contributed by atoms with Gasteiger partial charge >= 0.3 is 5.97 Å². The number of benzene rings is 1. The van der Waals surface area contributed by atoms with E-state index >= 15 is 0 Å². The van der Waals surface area contributed by atoms with E-state index < -0.39 is 0 Å². The zero-order valence-electron chi connectivity index (χ0n) is 13.0. The molecule has 118 valence electrons. The number of hydrogen-bond acceptors (Lipinski definition) is 6. The summed E-state index contributed by atoms with van der Waals surface area (Å²) in [5.41, 5.74) is 1.09. The van der Waals surface area contributed by atoms with Crippen LogP contribution in [0.25, 0.3) is 0 Å². The molecule has 0 fully saturated rings. The summed E-state index contributed by atoms with van der Waals surface area (Å²) in [6, 6.07) is 5.96. The molecule has 1 N–H and O–H groups in total. The van der Waals surface area contributed by atoms with Crippen LogP contribution in [0.4, 0.5) is 0 Å². The molecule has 1 aromatic rings. The van der Waals surface area contributed by atoms with Gasteiger partial charge in [0, 0.05) is 11.8 Å². The Hall–Kier alpha value is -1.40. The predicted molar refractivity (Wildman–Crippen MR) is 85.3 cm³/mol. The number of methoxy groups -OCH3 is 2. The van der Waals surface area contributed by atoms with Crippen molar-refractivity contribution in [2.45, 2.75) is 13.0 Å². The normalized spacial score (nSPS) is 11.8. The summed E-state index contributed by atoms with van der Waals surface area (Å²) < 4.78 is 15.5. The van der Waals surface area contributed by atoms with E-state index in [2.05, 4.69) is 5.32 Å². The molecule has 0 spiro atoms. The van der Waals surface area contributed by atoms with Crippen molar-refractivity contribution in [2.24, 2.45) is 0 Å². The van der Waals surface area contributed by atoms with Crippen LogP contribution in [0.15, 0.2) is 18.2 Å². The van der Waals surface area contributed by atoms with Gasteiger partial charge in [0.05, 0.1) is 26.6 Å². The van der Waals surface area contributed by atoms with E-state index in [0.717, 1.165) is 11.3 Å². The van der Waals surface area contributed by atoms with Crippen LogP contribution in [0.5, 0.6) is 11.5 Å². The summed E-state index contributed by atoms with van der Waals surface area (Å²) in [5.74, 6) is 2.36. The Morgan fingerprint density at radius 1 is 1.29 bits per heavy atom. The molecule has 0 aliphatic carbocycles. The molecule has 0 saturated carbocycles. The van der Waals surface area contributed by atoms with Gasteiger partial charge in [0.25, 0.3) is 0 Å². The third-order valence-corrected chi connectivity index (χ3v) is 3.98. The van der Waals surface area contributed by atoms with Gasteiger partial charge in [-0.05, 0) is 31.7 Å². The largest absolute Gasteiger partial charge is 0.493 e. The average molecular weight is 313 g/mol. The number of carbonyl (C=O) groups is 1. The number of nitrogens with one attached hydrogen (secondary N) is 1. The van der Waals surface area contributed by atoms with E-state index in [-0.39, 0.29) is 12.0 Å². The lowest BCUT2D eigenvalue weighted by Gasteiger charge is -2.18. The SMILES string of the molecule is CCOC(=O)CSCC(NC)c1ccc(OC)c(OC)c1. The first-order valence-corrected chi connectivity index (χ1v) is 7.94. The van der Waals surface area contributed by atoms with Crippen LogP contribution in [0.3, 0.4) is 0 Å². The minimum atomic E-state index is -0.176. The van der Waals surface area contributed by atoms with Crippen LogP contribution in [-0.2, 0) is 9.53 Å². The Morgan fingerprint density at radius 3 is 2.57 bits per heavy atom. The van der Waals surface area contributed by atoms with Gasteiger partial charge in [0.2, 0.25) is 0 Å². The quantitative estimate of drug-likeness (QED) is 0.706. The molecule has 0 saturated heterocycles. The summed E-state index contributed by atoms with van der Waals surface area (Å²) >= 11 is 1.54. The zero-order chi connectivity index (χ0) is 15.7. The second-order valence-electron chi connectivity index (χ2n) is 4.28. The molecule has 0 radical (unpaired) electrons. The minimum Gasteiger partial charge on any atom is -0.493 e. The molecule has 6 heteroatoms. The molecule has 5 nitrogen and oxygen atoms in total. The third kappa shape index (κ3) is 5.47. The van der Waals surface area contributed by atoms with Crippen LogP contribution >= 0.6 is 11.8 Å². The Bertz CT molecular complexity index is 453. The van der Waals surface area contributed by atoms with E-state index in [9.17, 15) is 4.79 Å². The lowest BCUT2D eigenvalue weighted by atomic mass is 10.1. The maximum atomic E-state index is 11.3. The number of hydrogen-bond donors (Lipinski definition) is 1. The molecule has 1 atom stereocenters. The van der Waals surface area contributed by atoms with E-state index in [1.54, 1.807) is 26.0 Å². The van der Waals surface area contributed by atoms with Gasteiger partial charge in [-0.25, -0.2) is 0 Å². The molecule has 1 unspecified atom stereocenters. The van der Waals surface area contributed by atoms with Gasteiger partial charge in [-0.3, -0.25) is 4.79 Å². The summed E-state index contributed by atoms with van der Waals surface area (Å²) in [7, 11) is 5.13. The van der Waals surface area contributed by atoms with Crippen molar-refractivity contribution in [2.75, 3.05) is 39.4 Å². The molecule has 1 rings (SSSR count). The van der Waals surface area contributed by atoms with Crippen molar-refractivity contribution in [1.82, 2.24) is 5.32 Å². The standard InChI is InChI=1S/C15H23NO4S/c1-5-20-15(17)10-21-9-12(16-2)11-6-7-13(18-3)14(8-11)19-4/h6-8,12,16H,5,9-10H2,1-4H3. The molecule has 1 aromatic carbocycles. The number of thioether (sulfide) groups is 1. The Kier molecular flexibility index (Phi) is 8.00. The summed E-state index contributed by atoms with van der Waals surface area (Å²) in [6.07, 6.45) is 0. The highest BCUT2D eigenvalue weighted by molar-refractivity contribution is 7.99. The fourth-order valence-electron chi connectivity index (χ4n) is 1.88. The fraction of sp³-hybridized carbons (Fsp3) is 0.533. The maximum absolute atomic E-state index is 11.3.